The van der Waals surface area contributed by atoms with Crippen molar-refractivity contribution in [3.05, 3.63) is 65.2 Å². The van der Waals surface area contributed by atoms with Gasteiger partial charge in [0.2, 0.25) is 10.0 Å². The Hall–Kier alpha value is -2.22. The lowest BCUT2D eigenvalue weighted by Crippen LogP contribution is -3.19. The van der Waals surface area contributed by atoms with Crippen LogP contribution in [0.3, 0.4) is 0 Å². The lowest BCUT2D eigenvalue weighted by atomic mass is 10.2. The maximum atomic E-state index is 13.1. The lowest BCUT2D eigenvalue weighted by molar-refractivity contribution is -0.917. The van der Waals surface area contributed by atoms with Crippen molar-refractivity contribution >= 4 is 15.9 Å². The summed E-state index contributed by atoms with van der Waals surface area (Å²) in [6, 6.07) is 15.1. The number of benzene rings is 2. The van der Waals surface area contributed by atoms with Gasteiger partial charge in [-0.1, -0.05) is 42.5 Å². The molecular weight excluding hydrogens is 386 g/mol. The maximum absolute atomic E-state index is 13.1. The Balaban J connectivity index is 1.58. The predicted octanol–water partition coefficient (Wildman–Crippen LogP) is 0.898. The van der Waals surface area contributed by atoms with Gasteiger partial charge in [0.25, 0.3) is 5.91 Å². The van der Waals surface area contributed by atoms with Gasteiger partial charge in [0, 0.05) is 6.54 Å². The molecule has 156 valence electrons. The van der Waals surface area contributed by atoms with E-state index in [1.807, 2.05) is 63.2 Å². The van der Waals surface area contributed by atoms with E-state index in [1.165, 1.54) is 0 Å². The van der Waals surface area contributed by atoms with Crippen LogP contribution in [0.25, 0.3) is 0 Å². The Kier molecular flexibility index (Phi) is 6.72. The highest BCUT2D eigenvalue weighted by Gasteiger charge is 2.34. The number of piperazine rings is 1. The molecule has 0 radical (unpaired) electrons. The van der Waals surface area contributed by atoms with Crippen molar-refractivity contribution in [1.82, 2.24) is 9.62 Å². The average molecular weight is 417 g/mol. The molecule has 2 N–H and O–H groups in total. The highest BCUT2D eigenvalue weighted by atomic mass is 32.2. The molecule has 1 aliphatic rings. The fourth-order valence-corrected chi connectivity index (χ4v) is 5.45. The van der Waals surface area contributed by atoms with Crippen LogP contribution in [0.2, 0.25) is 0 Å². The highest BCUT2D eigenvalue weighted by molar-refractivity contribution is 7.89. The number of carbonyl (C=O) groups excluding carboxylic acids is 1. The molecule has 0 spiro atoms. The first-order valence-electron chi connectivity index (χ1n) is 10.0. The summed E-state index contributed by atoms with van der Waals surface area (Å²) in [6.45, 7) is 8.20. The van der Waals surface area contributed by atoms with E-state index in [-0.39, 0.29) is 11.9 Å². The van der Waals surface area contributed by atoms with Crippen LogP contribution in [0.4, 0.5) is 0 Å². The summed E-state index contributed by atoms with van der Waals surface area (Å²) in [5.74, 6) is -0.00492. The second kappa shape index (κ2) is 9.07. The van der Waals surface area contributed by atoms with Gasteiger partial charge in [0.05, 0.1) is 31.1 Å². The first kappa shape index (κ1) is 21.5. The summed E-state index contributed by atoms with van der Waals surface area (Å²) in [7, 11) is -3.51. The minimum atomic E-state index is -3.51. The normalized spacial score (nSPS) is 17.1. The third-order valence-corrected chi connectivity index (χ3v) is 7.68. The maximum Gasteiger partial charge on any atom is 0.278 e. The first-order valence-corrected chi connectivity index (χ1v) is 11.5. The number of sulfonamides is 1. The third kappa shape index (κ3) is 5.04. The van der Waals surface area contributed by atoms with Gasteiger partial charge < -0.3 is 10.2 Å². The smallest absolute Gasteiger partial charge is 0.278 e. The second-order valence-corrected chi connectivity index (χ2v) is 9.66. The zero-order valence-corrected chi connectivity index (χ0v) is 18.1. The van der Waals surface area contributed by atoms with E-state index < -0.39 is 10.0 Å². The number of amides is 1. The minimum absolute atomic E-state index is 0.00492. The van der Waals surface area contributed by atoms with Crippen molar-refractivity contribution in [1.29, 1.82) is 0 Å². The monoisotopic (exact) mass is 416 g/mol. The zero-order valence-electron chi connectivity index (χ0n) is 17.3. The number of carbonyl (C=O) groups is 1. The molecule has 29 heavy (non-hydrogen) atoms. The lowest BCUT2D eigenvalue weighted by Gasteiger charge is -2.34. The minimum Gasteiger partial charge on any atom is -0.347 e. The summed E-state index contributed by atoms with van der Waals surface area (Å²) in [4.78, 5) is 14.0. The van der Waals surface area contributed by atoms with Crippen molar-refractivity contribution in [3.63, 3.8) is 0 Å². The van der Waals surface area contributed by atoms with Crippen LogP contribution in [0.15, 0.2) is 53.4 Å². The highest BCUT2D eigenvalue weighted by Crippen LogP contribution is 2.21. The molecule has 0 aliphatic carbocycles. The van der Waals surface area contributed by atoms with Crippen molar-refractivity contribution < 1.29 is 18.1 Å². The first-order chi connectivity index (χ1) is 13.8. The molecule has 1 amide bonds. The molecule has 1 heterocycles. The van der Waals surface area contributed by atoms with Crippen molar-refractivity contribution in [2.24, 2.45) is 0 Å². The van der Waals surface area contributed by atoms with E-state index in [9.17, 15) is 13.2 Å². The summed E-state index contributed by atoms with van der Waals surface area (Å²) in [6.07, 6.45) is 0. The molecule has 2 aromatic carbocycles. The van der Waals surface area contributed by atoms with E-state index in [0.29, 0.717) is 37.6 Å². The van der Waals surface area contributed by atoms with E-state index >= 15 is 0 Å². The van der Waals surface area contributed by atoms with Gasteiger partial charge in [-0.05, 0) is 43.5 Å². The van der Waals surface area contributed by atoms with E-state index in [4.69, 9.17) is 0 Å². The fraction of sp³-hybridized carbons (Fsp3) is 0.409. The van der Waals surface area contributed by atoms with Gasteiger partial charge in [-0.3, -0.25) is 4.79 Å². The molecular formula is C22H30N3O3S+. The number of quaternary nitrogens is 1. The standard InChI is InChI=1S/C22H29N3O3S/c1-17-9-10-18(2)21(15-17)29(27,28)25-13-11-24(12-14-25)19(3)22(26)23-16-20-7-5-4-6-8-20/h4-10,15,19H,11-14,16H2,1-3H3,(H,23,26)/p+1/t19-/m1/s1. The van der Waals surface area contributed by atoms with Crippen LogP contribution in [-0.4, -0.2) is 50.9 Å². The number of hydrogen-bond acceptors (Lipinski definition) is 3. The third-order valence-electron chi connectivity index (χ3n) is 5.64. The SMILES string of the molecule is Cc1ccc(C)c(S(=O)(=O)N2CC[NH+]([C@H](C)C(=O)NCc3ccccc3)CC2)c1. The fourth-order valence-electron chi connectivity index (χ4n) is 3.69. The molecule has 1 aliphatic heterocycles. The topological polar surface area (TPSA) is 70.9 Å². The van der Waals surface area contributed by atoms with Crippen molar-refractivity contribution in [2.45, 2.75) is 38.3 Å². The van der Waals surface area contributed by atoms with Crippen LogP contribution >= 0.6 is 0 Å². The number of rotatable bonds is 6. The molecule has 1 atom stereocenters. The van der Waals surface area contributed by atoms with Crippen LogP contribution < -0.4 is 10.2 Å². The van der Waals surface area contributed by atoms with Crippen LogP contribution in [0.1, 0.15) is 23.6 Å². The summed E-state index contributed by atoms with van der Waals surface area (Å²) < 4.78 is 27.7. The van der Waals surface area contributed by atoms with Crippen LogP contribution in [-0.2, 0) is 21.4 Å². The summed E-state index contributed by atoms with van der Waals surface area (Å²) >= 11 is 0. The van der Waals surface area contributed by atoms with Gasteiger partial charge in [0.1, 0.15) is 0 Å². The van der Waals surface area contributed by atoms with Gasteiger partial charge in [0.15, 0.2) is 6.04 Å². The van der Waals surface area contributed by atoms with E-state index in [2.05, 4.69) is 5.32 Å². The predicted molar refractivity (Wildman–Crippen MR) is 113 cm³/mol. The molecule has 6 nitrogen and oxygen atoms in total. The molecule has 3 rings (SSSR count). The van der Waals surface area contributed by atoms with E-state index in [0.717, 1.165) is 21.6 Å². The van der Waals surface area contributed by atoms with Gasteiger partial charge in [-0.15, -0.1) is 0 Å². The Morgan fingerprint density at radius 3 is 2.41 bits per heavy atom. The Morgan fingerprint density at radius 2 is 1.76 bits per heavy atom. The molecule has 2 aromatic rings. The molecule has 0 saturated carbocycles. The average Bonchev–Trinajstić information content (AvgIpc) is 2.74. The van der Waals surface area contributed by atoms with E-state index in [1.54, 1.807) is 10.4 Å². The second-order valence-electron chi connectivity index (χ2n) is 7.76. The summed E-state index contributed by atoms with van der Waals surface area (Å²) in [5, 5.41) is 2.99. The quantitative estimate of drug-likeness (QED) is 0.735. The molecule has 1 saturated heterocycles. The molecule has 0 bridgehead atoms. The number of aryl methyl sites for hydroxylation is 2. The summed E-state index contributed by atoms with van der Waals surface area (Å²) in [5.41, 5.74) is 2.76. The molecule has 0 aromatic heterocycles. The Morgan fingerprint density at radius 1 is 1.10 bits per heavy atom. The van der Waals surface area contributed by atoms with Crippen LogP contribution in [0.5, 0.6) is 0 Å². The van der Waals surface area contributed by atoms with Crippen molar-refractivity contribution in [2.75, 3.05) is 26.2 Å². The van der Waals surface area contributed by atoms with Gasteiger partial charge in [-0.25, -0.2) is 8.42 Å². The van der Waals surface area contributed by atoms with Crippen molar-refractivity contribution in [3.8, 4) is 0 Å². The Bertz CT molecular complexity index is 953. The van der Waals surface area contributed by atoms with Gasteiger partial charge >= 0.3 is 0 Å². The molecule has 0 unspecified atom stereocenters. The van der Waals surface area contributed by atoms with Crippen LogP contribution in [0, 0.1) is 13.8 Å². The number of nitrogens with zero attached hydrogens (tertiary/aromatic N) is 1. The zero-order chi connectivity index (χ0) is 21.0. The molecule has 7 heteroatoms. The Labute approximate surface area is 173 Å². The van der Waals surface area contributed by atoms with Gasteiger partial charge in [-0.2, -0.15) is 4.31 Å². The number of hydrogen-bond donors (Lipinski definition) is 2. The number of nitrogens with one attached hydrogen (secondary N) is 2. The largest absolute Gasteiger partial charge is 0.347 e. The molecule has 1 fully saturated rings.